The number of benzene rings is 2. The second-order valence-electron chi connectivity index (χ2n) is 6.36. The molecule has 1 fully saturated rings. The van der Waals surface area contributed by atoms with E-state index in [1.54, 1.807) is 0 Å². The molecule has 4 heteroatoms. The lowest BCUT2D eigenvalue weighted by molar-refractivity contribution is -0.0617. The highest BCUT2D eigenvalue weighted by Gasteiger charge is 2.28. The molecule has 0 spiro atoms. The van der Waals surface area contributed by atoms with Crippen LogP contribution in [0.15, 0.2) is 54.6 Å². The topological polar surface area (TPSA) is 50.7 Å². The van der Waals surface area contributed by atoms with Crippen molar-refractivity contribution in [2.45, 2.75) is 31.6 Å². The summed E-state index contributed by atoms with van der Waals surface area (Å²) in [5.41, 5.74) is 1.67. The van der Waals surface area contributed by atoms with E-state index in [0.717, 1.165) is 16.9 Å². The summed E-state index contributed by atoms with van der Waals surface area (Å²) in [6.07, 6.45) is 1.39. The molecule has 1 saturated heterocycles. The van der Waals surface area contributed by atoms with Gasteiger partial charge in [0.25, 0.3) is 0 Å². The highest BCUT2D eigenvalue weighted by atomic mass is 16.5. The van der Waals surface area contributed by atoms with Crippen molar-refractivity contribution in [2.75, 3.05) is 19.8 Å². The van der Waals surface area contributed by atoms with Gasteiger partial charge < -0.3 is 19.9 Å². The predicted molar refractivity (Wildman–Crippen MR) is 93.9 cm³/mol. The molecule has 0 atom stereocenters. The van der Waals surface area contributed by atoms with Crippen molar-refractivity contribution >= 4 is 0 Å². The Balaban J connectivity index is 1.48. The van der Waals surface area contributed by atoms with Crippen LogP contribution in [0.5, 0.6) is 5.75 Å². The molecule has 4 nitrogen and oxygen atoms in total. The maximum atomic E-state index is 10.4. The Morgan fingerprint density at radius 3 is 2.54 bits per heavy atom. The number of aliphatic hydroxyl groups is 1. The third-order valence-electron chi connectivity index (χ3n) is 4.35. The Kier molecular flexibility index (Phi) is 5.86. The lowest BCUT2D eigenvalue weighted by Crippen LogP contribution is -2.44. The molecule has 3 rings (SSSR count). The third-order valence-corrected chi connectivity index (χ3v) is 4.35. The Labute approximate surface area is 143 Å². The number of hydrogen-bond acceptors (Lipinski definition) is 4. The first-order chi connectivity index (χ1) is 11.7. The van der Waals surface area contributed by atoms with Gasteiger partial charge in [0.15, 0.2) is 0 Å². The van der Waals surface area contributed by atoms with Crippen molar-refractivity contribution in [3.05, 3.63) is 65.7 Å². The Morgan fingerprint density at radius 1 is 1.00 bits per heavy atom. The van der Waals surface area contributed by atoms with Crippen LogP contribution in [-0.4, -0.2) is 30.5 Å². The molecule has 1 heterocycles. The van der Waals surface area contributed by atoms with Crippen molar-refractivity contribution in [2.24, 2.45) is 0 Å². The van der Waals surface area contributed by atoms with Crippen LogP contribution < -0.4 is 10.1 Å². The molecule has 128 valence electrons. The van der Waals surface area contributed by atoms with Crippen LogP contribution in [-0.2, 0) is 17.9 Å². The monoisotopic (exact) mass is 327 g/mol. The molecule has 0 aliphatic carbocycles. The van der Waals surface area contributed by atoms with E-state index in [2.05, 4.69) is 23.5 Å². The van der Waals surface area contributed by atoms with Gasteiger partial charge in [-0.15, -0.1) is 0 Å². The van der Waals surface area contributed by atoms with Crippen molar-refractivity contribution in [3.63, 3.8) is 0 Å². The molecule has 0 radical (unpaired) electrons. The van der Waals surface area contributed by atoms with Gasteiger partial charge in [0.2, 0.25) is 0 Å². The minimum atomic E-state index is -0.639. The third kappa shape index (κ3) is 5.06. The molecule has 2 N–H and O–H groups in total. The summed E-state index contributed by atoms with van der Waals surface area (Å²) in [5, 5.41) is 13.8. The molecule has 2 aromatic rings. The first kappa shape index (κ1) is 17.0. The number of ether oxygens (including phenoxy) is 2. The van der Waals surface area contributed by atoms with E-state index in [1.165, 1.54) is 0 Å². The average Bonchev–Trinajstić information content (AvgIpc) is 2.62. The molecule has 0 unspecified atom stereocenters. The number of rotatable bonds is 7. The maximum absolute atomic E-state index is 10.4. The van der Waals surface area contributed by atoms with Gasteiger partial charge in [0.05, 0.1) is 5.60 Å². The standard InChI is InChI=1S/C20H25NO3/c22-20(9-11-23-12-10-20)16-21-14-18-7-4-8-19(13-18)24-15-17-5-2-1-3-6-17/h1-8,13,21-22H,9-12,14-16H2. The quantitative estimate of drug-likeness (QED) is 0.821. The summed E-state index contributed by atoms with van der Waals surface area (Å²) >= 11 is 0. The zero-order valence-corrected chi connectivity index (χ0v) is 13.9. The van der Waals surface area contributed by atoms with Crippen LogP contribution in [0.4, 0.5) is 0 Å². The van der Waals surface area contributed by atoms with E-state index in [0.29, 0.717) is 45.8 Å². The van der Waals surface area contributed by atoms with Gasteiger partial charge in [0, 0.05) is 39.1 Å². The zero-order chi connectivity index (χ0) is 16.7. The van der Waals surface area contributed by atoms with Gasteiger partial charge in [0.1, 0.15) is 12.4 Å². The fourth-order valence-electron chi connectivity index (χ4n) is 2.85. The molecule has 0 bridgehead atoms. The van der Waals surface area contributed by atoms with Gasteiger partial charge in [-0.1, -0.05) is 42.5 Å². The Hall–Kier alpha value is -1.88. The summed E-state index contributed by atoms with van der Waals surface area (Å²) in [6, 6.07) is 18.2. The van der Waals surface area contributed by atoms with E-state index in [9.17, 15) is 5.11 Å². The van der Waals surface area contributed by atoms with E-state index >= 15 is 0 Å². The molecule has 24 heavy (non-hydrogen) atoms. The number of nitrogens with one attached hydrogen (secondary N) is 1. The van der Waals surface area contributed by atoms with Crippen LogP contribution in [0, 0.1) is 0 Å². The summed E-state index contributed by atoms with van der Waals surface area (Å²) in [5.74, 6) is 0.864. The van der Waals surface area contributed by atoms with E-state index in [1.807, 2.05) is 36.4 Å². The SMILES string of the molecule is OC1(CNCc2cccc(OCc3ccccc3)c2)CCOCC1. The predicted octanol–water partition coefficient (Wildman–Crippen LogP) is 2.90. The summed E-state index contributed by atoms with van der Waals surface area (Å²) in [6.45, 7) is 3.15. The van der Waals surface area contributed by atoms with Crippen LogP contribution >= 0.6 is 0 Å². The lowest BCUT2D eigenvalue weighted by Gasteiger charge is -2.32. The summed E-state index contributed by atoms with van der Waals surface area (Å²) < 4.78 is 11.2. The molecule has 1 aliphatic rings. The van der Waals surface area contributed by atoms with Crippen molar-refractivity contribution in [3.8, 4) is 5.75 Å². The van der Waals surface area contributed by atoms with Gasteiger partial charge in [-0.25, -0.2) is 0 Å². The second kappa shape index (κ2) is 8.29. The first-order valence-electron chi connectivity index (χ1n) is 8.50. The van der Waals surface area contributed by atoms with Crippen LogP contribution in [0.25, 0.3) is 0 Å². The fourth-order valence-corrected chi connectivity index (χ4v) is 2.85. The molecule has 0 saturated carbocycles. The van der Waals surface area contributed by atoms with Gasteiger partial charge in [-0.2, -0.15) is 0 Å². The summed E-state index contributed by atoms with van der Waals surface area (Å²) in [4.78, 5) is 0. The minimum absolute atomic E-state index is 0.567. The van der Waals surface area contributed by atoms with Crippen LogP contribution in [0.1, 0.15) is 24.0 Å². The highest BCUT2D eigenvalue weighted by Crippen LogP contribution is 2.20. The molecule has 2 aromatic carbocycles. The first-order valence-corrected chi connectivity index (χ1v) is 8.50. The molecule has 0 amide bonds. The smallest absolute Gasteiger partial charge is 0.120 e. The van der Waals surface area contributed by atoms with E-state index < -0.39 is 5.60 Å². The van der Waals surface area contributed by atoms with E-state index in [4.69, 9.17) is 9.47 Å². The van der Waals surface area contributed by atoms with Gasteiger partial charge >= 0.3 is 0 Å². The zero-order valence-electron chi connectivity index (χ0n) is 13.9. The van der Waals surface area contributed by atoms with Crippen molar-refractivity contribution < 1.29 is 14.6 Å². The largest absolute Gasteiger partial charge is 0.489 e. The molecular weight excluding hydrogens is 302 g/mol. The Bertz CT molecular complexity index is 624. The average molecular weight is 327 g/mol. The maximum Gasteiger partial charge on any atom is 0.120 e. The van der Waals surface area contributed by atoms with E-state index in [-0.39, 0.29) is 0 Å². The summed E-state index contributed by atoms with van der Waals surface area (Å²) in [7, 11) is 0. The highest BCUT2D eigenvalue weighted by molar-refractivity contribution is 5.29. The molecule has 1 aliphatic heterocycles. The van der Waals surface area contributed by atoms with Crippen LogP contribution in [0.3, 0.4) is 0 Å². The van der Waals surface area contributed by atoms with Crippen molar-refractivity contribution in [1.29, 1.82) is 0 Å². The Morgan fingerprint density at radius 2 is 1.75 bits per heavy atom. The minimum Gasteiger partial charge on any atom is -0.489 e. The van der Waals surface area contributed by atoms with Crippen LogP contribution in [0.2, 0.25) is 0 Å². The normalized spacial score (nSPS) is 16.7. The second-order valence-corrected chi connectivity index (χ2v) is 6.36. The van der Waals surface area contributed by atoms with Gasteiger partial charge in [-0.3, -0.25) is 0 Å². The number of hydrogen-bond donors (Lipinski definition) is 2. The lowest BCUT2D eigenvalue weighted by atomic mass is 9.94. The molecule has 0 aromatic heterocycles. The molecular formula is C20H25NO3. The fraction of sp³-hybridized carbons (Fsp3) is 0.400. The van der Waals surface area contributed by atoms with Gasteiger partial charge in [-0.05, 0) is 23.3 Å². The van der Waals surface area contributed by atoms with Crippen molar-refractivity contribution in [1.82, 2.24) is 5.32 Å².